The van der Waals surface area contributed by atoms with Crippen LogP contribution in [0.15, 0.2) is 24.3 Å². The number of hydrogen-bond donors (Lipinski definition) is 2. The second kappa shape index (κ2) is 10.3. The van der Waals surface area contributed by atoms with Crippen molar-refractivity contribution in [1.29, 1.82) is 5.26 Å². The fourth-order valence-electron chi connectivity index (χ4n) is 5.26. The lowest BCUT2D eigenvalue weighted by molar-refractivity contribution is -0.126. The number of amides is 2. The fraction of sp³-hybridized carbons (Fsp3) is 0.556. The Labute approximate surface area is 211 Å². The minimum Gasteiger partial charge on any atom is -0.496 e. The zero-order valence-corrected chi connectivity index (χ0v) is 21.3. The minimum atomic E-state index is -0.798. The third kappa shape index (κ3) is 5.54. The number of ketones is 1. The SMILES string of the molecule is COc1cccc2[nH]c(C(=O)N3C[C@H](OC(C)(C)C)C[C@H]3C(=O)N[C@H](C#N)C[C@@H]3CCCC3=O)cc12. The second-order valence-electron chi connectivity index (χ2n) is 10.6. The van der Waals surface area contributed by atoms with Crippen LogP contribution in [0.25, 0.3) is 10.9 Å². The summed E-state index contributed by atoms with van der Waals surface area (Å²) >= 11 is 0. The maximum absolute atomic E-state index is 13.6. The Bertz CT molecular complexity index is 1190. The molecule has 2 N–H and O–H groups in total. The zero-order chi connectivity index (χ0) is 26.0. The van der Waals surface area contributed by atoms with Gasteiger partial charge in [-0.05, 0) is 58.2 Å². The van der Waals surface area contributed by atoms with E-state index in [4.69, 9.17) is 9.47 Å². The molecule has 192 valence electrons. The van der Waals surface area contributed by atoms with E-state index in [0.717, 1.165) is 23.7 Å². The van der Waals surface area contributed by atoms with Crippen LogP contribution in [0, 0.1) is 17.2 Å². The Kier molecular flexibility index (Phi) is 7.36. The summed E-state index contributed by atoms with van der Waals surface area (Å²) in [4.78, 5) is 43.7. The molecule has 4 rings (SSSR count). The first-order valence-corrected chi connectivity index (χ1v) is 12.5. The highest BCUT2D eigenvalue weighted by Gasteiger charge is 2.43. The Hall–Kier alpha value is -3.38. The highest BCUT2D eigenvalue weighted by molar-refractivity contribution is 6.01. The average molecular weight is 495 g/mol. The van der Waals surface area contributed by atoms with Gasteiger partial charge in [0.25, 0.3) is 5.91 Å². The normalized spacial score (nSPS) is 23.0. The molecule has 0 radical (unpaired) electrons. The Morgan fingerprint density at radius 2 is 2.11 bits per heavy atom. The van der Waals surface area contributed by atoms with Crippen molar-refractivity contribution in [3.8, 4) is 11.8 Å². The largest absolute Gasteiger partial charge is 0.496 e. The number of nitrogens with one attached hydrogen (secondary N) is 2. The maximum atomic E-state index is 13.6. The molecule has 0 spiro atoms. The highest BCUT2D eigenvalue weighted by Crippen LogP contribution is 2.30. The van der Waals surface area contributed by atoms with Crippen LogP contribution in [-0.4, -0.2) is 64.9 Å². The zero-order valence-electron chi connectivity index (χ0n) is 21.3. The Balaban J connectivity index is 1.55. The van der Waals surface area contributed by atoms with E-state index in [2.05, 4.69) is 16.4 Å². The van der Waals surface area contributed by atoms with E-state index in [1.54, 1.807) is 13.2 Å². The summed E-state index contributed by atoms with van der Waals surface area (Å²) in [7, 11) is 1.57. The van der Waals surface area contributed by atoms with Gasteiger partial charge in [0.2, 0.25) is 5.91 Å². The number of carbonyl (C=O) groups is 3. The molecule has 2 heterocycles. The molecule has 1 aliphatic carbocycles. The molecule has 1 saturated heterocycles. The average Bonchev–Trinajstić information content (AvgIpc) is 3.55. The molecule has 4 atom stereocenters. The number of hydrogen-bond acceptors (Lipinski definition) is 6. The molecule has 2 fully saturated rings. The molecule has 2 aliphatic rings. The number of ether oxygens (including phenoxy) is 2. The lowest BCUT2D eigenvalue weighted by atomic mass is 9.98. The van der Waals surface area contributed by atoms with Gasteiger partial charge in [0, 0.05) is 36.2 Å². The Morgan fingerprint density at radius 1 is 1.33 bits per heavy atom. The lowest BCUT2D eigenvalue weighted by Crippen LogP contribution is -2.49. The number of nitrogens with zero attached hydrogens (tertiary/aromatic N) is 2. The molecule has 9 nitrogen and oxygen atoms in total. The van der Waals surface area contributed by atoms with Gasteiger partial charge >= 0.3 is 0 Å². The van der Waals surface area contributed by atoms with Crippen molar-refractivity contribution in [2.75, 3.05) is 13.7 Å². The third-order valence-electron chi connectivity index (χ3n) is 6.84. The van der Waals surface area contributed by atoms with Gasteiger partial charge in [0.05, 0.1) is 24.9 Å². The van der Waals surface area contributed by atoms with Gasteiger partial charge in [-0.3, -0.25) is 14.4 Å². The number of nitriles is 1. The van der Waals surface area contributed by atoms with Crippen LogP contribution in [0.3, 0.4) is 0 Å². The second-order valence-corrected chi connectivity index (χ2v) is 10.6. The van der Waals surface area contributed by atoms with Crippen LogP contribution in [0.2, 0.25) is 0 Å². The molecular formula is C27H34N4O5. The van der Waals surface area contributed by atoms with Crippen LogP contribution in [-0.2, 0) is 14.3 Å². The molecule has 0 unspecified atom stereocenters. The molecule has 2 aromatic rings. The van der Waals surface area contributed by atoms with Gasteiger partial charge in [-0.2, -0.15) is 5.26 Å². The lowest BCUT2D eigenvalue weighted by Gasteiger charge is -2.25. The summed E-state index contributed by atoms with van der Waals surface area (Å²) in [6.07, 6.45) is 2.38. The van der Waals surface area contributed by atoms with Crippen molar-refractivity contribution in [3.05, 3.63) is 30.0 Å². The van der Waals surface area contributed by atoms with E-state index in [-0.39, 0.29) is 30.3 Å². The highest BCUT2D eigenvalue weighted by atomic mass is 16.5. The van der Waals surface area contributed by atoms with E-state index >= 15 is 0 Å². The van der Waals surface area contributed by atoms with Crippen molar-refractivity contribution < 1.29 is 23.9 Å². The van der Waals surface area contributed by atoms with Gasteiger partial charge in [-0.1, -0.05) is 6.07 Å². The molecule has 9 heteroatoms. The summed E-state index contributed by atoms with van der Waals surface area (Å²) in [5, 5.41) is 13.2. The third-order valence-corrected chi connectivity index (χ3v) is 6.84. The maximum Gasteiger partial charge on any atom is 0.271 e. The summed E-state index contributed by atoms with van der Waals surface area (Å²) in [6.45, 7) is 6.04. The number of H-pyrrole nitrogens is 1. The number of Topliss-reactive ketones (excluding diaryl/α,β-unsaturated/α-hetero) is 1. The molecular weight excluding hydrogens is 460 g/mol. The number of carbonyl (C=O) groups excluding carboxylic acids is 3. The number of aromatic nitrogens is 1. The number of fused-ring (bicyclic) bond motifs is 1. The van der Waals surface area contributed by atoms with E-state index < -0.39 is 23.6 Å². The number of rotatable bonds is 7. The van der Waals surface area contributed by atoms with Crippen molar-refractivity contribution in [2.45, 2.75) is 76.7 Å². The molecule has 1 aromatic heterocycles. The standard InChI is InChI=1S/C27H34N4O5/c1-27(2,3)36-18-12-22(25(33)29-17(14-28)11-16-7-5-9-23(16)32)31(15-18)26(34)21-13-19-20(30-21)8-6-10-24(19)35-4/h6,8,10,13,16-18,22,30H,5,7,9,11-12,15H2,1-4H3,(H,29,33)/t16-,17-,18+,22-/m0/s1. The van der Waals surface area contributed by atoms with E-state index in [1.807, 2.05) is 39.0 Å². The number of aromatic amines is 1. The van der Waals surface area contributed by atoms with E-state index in [1.165, 1.54) is 4.90 Å². The topological polar surface area (TPSA) is 125 Å². The molecule has 1 saturated carbocycles. The van der Waals surface area contributed by atoms with Crippen LogP contribution in [0.5, 0.6) is 5.75 Å². The van der Waals surface area contributed by atoms with E-state index in [9.17, 15) is 19.6 Å². The fourth-order valence-corrected chi connectivity index (χ4v) is 5.26. The summed E-state index contributed by atoms with van der Waals surface area (Å²) < 4.78 is 11.5. The predicted molar refractivity (Wildman–Crippen MR) is 133 cm³/mol. The molecule has 1 aliphatic heterocycles. The molecule has 36 heavy (non-hydrogen) atoms. The smallest absolute Gasteiger partial charge is 0.271 e. The first-order valence-electron chi connectivity index (χ1n) is 12.5. The molecule has 2 amide bonds. The van der Waals surface area contributed by atoms with Gasteiger partial charge in [-0.15, -0.1) is 0 Å². The number of methoxy groups -OCH3 is 1. The van der Waals surface area contributed by atoms with Crippen molar-refractivity contribution in [3.63, 3.8) is 0 Å². The van der Waals surface area contributed by atoms with Crippen LogP contribution < -0.4 is 10.1 Å². The van der Waals surface area contributed by atoms with Gasteiger partial charge < -0.3 is 24.7 Å². The predicted octanol–water partition coefficient (Wildman–Crippen LogP) is 3.34. The minimum absolute atomic E-state index is 0.148. The van der Waals surface area contributed by atoms with Gasteiger partial charge in [-0.25, -0.2) is 0 Å². The number of benzene rings is 1. The summed E-state index contributed by atoms with van der Waals surface area (Å²) in [5.74, 6) is -0.141. The molecule has 0 bridgehead atoms. The van der Waals surface area contributed by atoms with Crippen molar-refractivity contribution in [1.82, 2.24) is 15.2 Å². The van der Waals surface area contributed by atoms with Crippen LogP contribution in [0.4, 0.5) is 0 Å². The van der Waals surface area contributed by atoms with Gasteiger partial charge in [0.15, 0.2) is 0 Å². The first kappa shape index (κ1) is 25.7. The van der Waals surface area contributed by atoms with Crippen LogP contribution >= 0.6 is 0 Å². The summed E-state index contributed by atoms with van der Waals surface area (Å²) in [5.41, 5.74) is 0.653. The van der Waals surface area contributed by atoms with E-state index in [0.29, 0.717) is 30.7 Å². The number of likely N-dealkylation sites (tertiary alicyclic amines) is 1. The van der Waals surface area contributed by atoms with Gasteiger partial charge in [0.1, 0.15) is 29.3 Å². The quantitative estimate of drug-likeness (QED) is 0.608. The summed E-state index contributed by atoms with van der Waals surface area (Å²) in [6, 6.07) is 7.77. The first-order chi connectivity index (χ1) is 17.1. The van der Waals surface area contributed by atoms with Crippen LogP contribution in [0.1, 0.15) is 63.4 Å². The van der Waals surface area contributed by atoms with Crippen molar-refractivity contribution in [2.24, 2.45) is 5.92 Å². The molecule has 1 aromatic carbocycles. The Morgan fingerprint density at radius 3 is 2.75 bits per heavy atom. The monoisotopic (exact) mass is 494 g/mol. The van der Waals surface area contributed by atoms with Crippen molar-refractivity contribution >= 4 is 28.5 Å².